The summed E-state index contributed by atoms with van der Waals surface area (Å²) in [6, 6.07) is 7.02. The lowest BCUT2D eigenvalue weighted by Gasteiger charge is -2.12. The van der Waals surface area contributed by atoms with Crippen LogP contribution in [-0.2, 0) is 11.3 Å². The van der Waals surface area contributed by atoms with Crippen LogP contribution in [0.4, 0.5) is 0 Å². The number of carbonyl (C=O) groups excluding carboxylic acids is 1. The Balaban J connectivity index is 2.15. The molecule has 0 aromatic carbocycles. The van der Waals surface area contributed by atoms with Crippen molar-refractivity contribution >= 4 is 22.8 Å². The van der Waals surface area contributed by atoms with E-state index >= 15 is 0 Å². The molecule has 0 spiro atoms. The third kappa shape index (κ3) is 4.57. The number of aromatic hydroxyl groups is 1. The van der Waals surface area contributed by atoms with Crippen LogP contribution in [0, 0.1) is 0 Å². The molecule has 6 heteroatoms. The largest absolute Gasteiger partial charge is 0.499 e. The minimum atomic E-state index is -0.266. The highest BCUT2D eigenvalue weighted by Crippen LogP contribution is 2.22. The minimum Gasteiger partial charge on any atom is -0.499 e. The van der Waals surface area contributed by atoms with E-state index in [0.717, 1.165) is 10.4 Å². The zero-order valence-electron chi connectivity index (χ0n) is 13.4. The first-order valence-corrected chi connectivity index (χ1v) is 8.07. The van der Waals surface area contributed by atoms with Crippen molar-refractivity contribution in [1.29, 1.82) is 0 Å². The normalized spacial score (nSPS) is 11.0. The summed E-state index contributed by atoms with van der Waals surface area (Å²) in [6.45, 7) is 8.20. The summed E-state index contributed by atoms with van der Waals surface area (Å²) in [6.07, 6.45) is 5.03. The molecule has 0 aliphatic carbocycles. The van der Waals surface area contributed by atoms with E-state index in [1.807, 2.05) is 12.1 Å². The molecule has 0 aliphatic rings. The van der Waals surface area contributed by atoms with Crippen molar-refractivity contribution in [1.82, 2.24) is 15.6 Å². The maximum atomic E-state index is 12.5. The van der Waals surface area contributed by atoms with Crippen LogP contribution in [0.15, 0.2) is 67.2 Å². The molecule has 5 nitrogen and oxygen atoms in total. The van der Waals surface area contributed by atoms with Crippen LogP contribution in [0.2, 0.25) is 0 Å². The Bertz CT molecular complexity index is 779. The second-order valence-electron chi connectivity index (χ2n) is 4.97. The van der Waals surface area contributed by atoms with E-state index in [1.165, 1.54) is 11.3 Å². The minimum absolute atomic E-state index is 0.223. The molecule has 0 bridgehead atoms. The van der Waals surface area contributed by atoms with E-state index in [0.29, 0.717) is 23.4 Å². The summed E-state index contributed by atoms with van der Waals surface area (Å²) in [5.41, 5.74) is 2.46. The molecule has 2 rings (SSSR count). The van der Waals surface area contributed by atoms with Crippen molar-refractivity contribution in [2.24, 2.45) is 0 Å². The number of nitrogens with zero attached hydrogens (tertiary/aromatic N) is 1. The summed E-state index contributed by atoms with van der Waals surface area (Å²) >= 11 is 1.23. The Hall–Kier alpha value is -2.86. The van der Waals surface area contributed by atoms with Gasteiger partial charge in [0.1, 0.15) is 0 Å². The highest BCUT2D eigenvalue weighted by molar-refractivity contribution is 7.13. The van der Waals surface area contributed by atoms with Gasteiger partial charge in [-0.15, -0.1) is 11.3 Å². The van der Waals surface area contributed by atoms with Crippen LogP contribution < -0.4 is 10.6 Å². The topological polar surface area (TPSA) is 74.2 Å². The van der Waals surface area contributed by atoms with Crippen LogP contribution >= 0.6 is 11.3 Å². The number of hydrogen-bond acceptors (Lipinski definition) is 5. The van der Waals surface area contributed by atoms with E-state index in [4.69, 9.17) is 0 Å². The van der Waals surface area contributed by atoms with Crippen molar-refractivity contribution < 1.29 is 9.90 Å². The predicted octanol–water partition coefficient (Wildman–Crippen LogP) is 2.84. The summed E-state index contributed by atoms with van der Waals surface area (Å²) in [5.74, 6) is -0.266. The maximum Gasteiger partial charge on any atom is 0.253 e. The molecule has 24 heavy (non-hydrogen) atoms. The smallest absolute Gasteiger partial charge is 0.253 e. The van der Waals surface area contributed by atoms with Crippen LogP contribution in [0.5, 0.6) is 5.06 Å². The molecule has 124 valence electrons. The van der Waals surface area contributed by atoms with Gasteiger partial charge in [-0.3, -0.25) is 9.78 Å². The molecular weight excluding hydrogens is 322 g/mol. The summed E-state index contributed by atoms with van der Waals surface area (Å²) in [7, 11) is 1.70. The average molecular weight is 341 g/mol. The van der Waals surface area contributed by atoms with Gasteiger partial charge in [0.05, 0.1) is 12.1 Å². The molecule has 0 saturated carbocycles. The number of amides is 1. The van der Waals surface area contributed by atoms with Crippen molar-refractivity contribution in [3.63, 3.8) is 0 Å². The Morgan fingerprint density at radius 2 is 2.00 bits per heavy atom. The number of aromatic nitrogens is 1. The van der Waals surface area contributed by atoms with Crippen molar-refractivity contribution in [2.45, 2.75) is 6.54 Å². The quantitative estimate of drug-likeness (QED) is 0.535. The van der Waals surface area contributed by atoms with Crippen LogP contribution in [0.3, 0.4) is 0 Å². The number of nitrogens with one attached hydrogen (secondary N) is 2. The van der Waals surface area contributed by atoms with Gasteiger partial charge in [-0.25, -0.2) is 0 Å². The lowest BCUT2D eigenvalue weighted by atomic mass is 10.0. The van der Waals surface area contributed by atoms with Crippen molar-refractivity contribution in [2.75, 3.05) is 7.05 Å². The first-order chi connectivity index (χ1) is 11.5. The maximum absolute atomic E-state index is 12.5. The molecular formula is C18H19N3O2S. The summed E-state index contributed by atoms with van der Waals surface area (Å²) in [4.78, 5) is 17.3. The standard InChI is InChI=1S/C18H19N3O2S/c1-12(14-6-8-20-9-7-14)10-16(13(2)19-3)18(23)21-11-15-4-5-17(22)24-15/h4-10,19,22H,1-2,11H2,3H3,(H,21,23)/b16-10+. The summed E-state index contributed by atoms with van der Waals surface area (Å²) in [5, 5.41) is 15.3. The Morgan fingerprint density at radius 1 is 1.29 bits per heavy atom. The van der Waals surface area contributed by atoms with Crippen LogP contribution in [-0.4, -0.2) is 23.0 Å². The van der Waals surface area contributed by atoms with Crippen molar-refractivity contribution in [3.8, 4) is 5.06 Å². The molecule has 0 unspecified atom stereocenters. The number of carbonyl (C=O) groups is 1. The van der Waals surface area contributed by atoms with Gasteiger partial charge in [-0.2, -0.15) is 0 Å². The molecule has 0 saturated heterocycles. The fraction of sp³-hybridized carbons (Fsp3) is 0.111. The molecule has 0 atom stereocenters. The Labute approximate surface area is 145 Å². The van der Waals surface area contributed by atoms with Gasteiger partial charge < -0.3 is 15.7 Å². The molecule has 1 amide bonds. The molecule has 2 aromatic rings. The average Bonchev–Trinajstić information content (AvgIpc) is 3.02. The number of pyridine rings is 1. The molecule has 2 heterocycles. The highest BCUT2D eigenvalue weighted by atomic mass is 32.1. The fourth-order valence-corrected chi connectivity index (χ4v) is 2.66. The van der Waals surface area contributed by atoms with E-state index in [1.54, 1.807) is 37.7 Å². The van der Waals surface area contributed by atoms with Crippen molar-refractivity contribution in [3.05, 3.63) is 77.6 Å². The molecule has 0 fully saturated rings. The van der Waals surface area contributed by atoms with Gasteiger partial charge in [0.2, 0.25) is 0 Å². The fourth-order valence-electron chi connectivity index (χ4n) is 1.97. The van der Waals surface area contributed by atoms with E-state index < -0.39 is 0 Å². The molecule has 0 aliphatic heterocycles. The number of allylic oxidation sites excluding steroid dienone is 2. The van der Waals surface area contributed by atoms with Crippen LogP contribution in [0.1, 0.15) is 10.4 Å². The number of hydrogen-bond donors (Lipinski definition) is 3. The molecule has 2 aromatic heterocycles. The zero-order chi connectivity index (χ0) is 17.5. The van der Waals surface area contributed by atoms with Gasteiger partial charge >= 0.3 is 0 Å². The van der Waals surface area contributed by atoms with Gasteiger partial charge in [-0.05, 0) is 41.5 Å². The number of rotatable bonds is 7. The lowest BCUT2D eigenvalue weighted by molar-refractivity contribution is -0.117. The lowest BCUT2D eigenvalue weighted by Crippen LogP contribution is -2.27. The Morgan fingerprint density at radius 3 is 2.58 bits per heavy atom. The predicted molar refractivity (Wildman–Crippen MR) is 97.4 cm³/mol. The van der Waals surface area contributed by atoms with E-state index in [9.17, 15) is 9.90 Å². The second kappa shape index (κ2) is 8.12. The first-order valence-electron chi connectivity index (χ1n) is 7.25. The zero-order valence-corrected chi connectivity index (χ0v) is 14.2. The first kappa shape index (κ1) is 17.5. The summed E-state index contributed by atoms with van der Waals surface area (Å²) < 4.78 is 0. The SMILES string of the molecule is C=C(NC)/C(=C\C(=C)c1ccncc1)C(=O)NCc1ccc(O)s1. The molecule has 3 N–H and O–H groups in total. The highest BCUT2D eigenvalue weighted by Gasteiger charge is 2.13. The van der Waals surface area contributed by atoms with Gasteiger partial charge in [0.25, 0.3) is 5.91 Å². The molecule has 0 radical (unpaired) electrons. The monoisotopic (exact) mass is 341 g/mol. The number of thiophene rings is 1. The van der Waals surface area contributed by atoms with Crippen LogP contribution in [0.25, 0.3) is 5.57 Å². The van der Waals surface area contributed by atoms with E-state index in [2.05, 4.69) is 28.8 Å². The van der Waals surface area contributed by atoms with Gasteiger partial charge in [0.15, 0.2) is 5.06 Å². The third-order valence-corrected chi connectivity index (χ3v) is 4.20. The van der Waals surface area contributed by atoms with Gasteiger partial charge in [0, 0.05) is 30.0 Å². The Kier molecular flexibility index (Phi) is 5.92. The number of likely N-dealkylation sites (N-methyl/N-ethyl adjacent to an activating group) is 1. The van der Waals surface area contributed by atoms with E-state index in [-0.39, 0.29) is 11.0 Å². The third-order valence-electron chi connectivity index (χ3n) is 3.31. The second-order valence-corrected chi connectivity index (χ2v) is 6.12. The van der Waals surface area contributed by atoms with Gasteiger partial charge in [-0.1, -0.05) is 13.2 Å².